The zero-order chi connectivity index (χ0) is 48.7. The largest absolute Gasteiger partial charge is 0.496 e. The van der Waals surface area contributed by atoms with E-state index in [1.807, 2.05) is 41.5 Å². The van der Waals surface area contributed by atoms with E-state index < -0.39 is 57.0 Å². The molecule has 4 aromatic carbocycles. The van der Waals surface area contributed by atoms with Crippen LogP contribution in [-0.2, 0) is 4.74 Å². The summed E-state index contributed by atoms with van der Waals surface area (Å²) in [6.45, 7) is 15.1. The van der Waals surface area contributed by atoms with E-state index in [0.717, 1.165) is 0 Å². The molecule has 3 unspecified atom stereocenters. The maximum absolute atomic E-state index is 16.7. The Morgan fingerprint density at radius 2 is 0.545 bits per heavy atom. The monoisotopic (exact) mass is 932 g/mol. The highest BCUT2D eigenvalue weighted by atomic mass is 31.0. The van der Waals surface area contributed by atoms with E-state index in [0.29, 0.717) is 0 Å². The van der Waals surface area contributed by atoms with Gasteiger partial charge < -0.3 is 42.6 Å². The molecule has 13 nitrogen and oxygen atoms in total. The van der Waals surface area contributed by atoms with Gasteiger partial charge in [0.2, 0.25) is 23.1 Å². The molecule has 0 aliphatic heterocycles. The molecule has 0 saturated carbocycles. The van der Waals surface area contributed by atoms with E-state index in [9.17, 15) is 0 Å². The maximum Gasteiger partial charge on any atom is 0.210 e. The summed E-state index contributed by atoms with van der Waals surface area (Å²) in [6, 6.07) is 18.9. The fourth-order valence-corrected chi connectivity index (χ4v) is 8.91. The van der Waals surface area contributed by atoms with Crippen LogP contribution in [0.2, 0.25) is 0 Å². The van der Waals surface area contributed by atoms with Gasteiger partial charge in [-0.05, 0) is 72.2 Å². The van der Waals surface area contributed by atoms with Gasteiger partial charge in [-0.1, -0.05) is 79.7 Å². The van der Waals surface area contributed by atoms with E-state index in [-0.39, 0.29) is 91.0 Å². The molecule has 66 heavy (non-hydrogen) atoms. The van der Waals surface area contributed by atoms with E-state index >= 15 is 19.2 Å². The lowest BCUT2D eigenvalue weighted by molar-refractivity contribution is -0.122. The molecule has 0 N–H and O–H groups in total. The lowest BCUT2D eigenvalue weighted by atomic mass is 9.66. The van der Waals surface area contributed by atoms with Crippen LogP contribution in [0.1, 0.15) is 110 Å². The maximum atomic E-state index is 16.7. The van der Waals surface area contributed by atoms with E-state index in [1.165, 1.54) is 56.9 Å². The summed E-state index contributed by atoms with van der Waals surface area (Å²) in [5, 5.41) is 0. The average Bonchev–Trinajstić information content (AvgIpc) is 3.28. The minimum absolute atomic E-state index is 0. The molecule has 0 spiro atoms. The summed E-state index contributed by atoms with van der Waals surface area (Å²) < 4.78 is 54.4. The Morgan fingerprint density at radius 1 is 0.379 bits per heavy atom. The Morgan fingerprint density at radius 3 is 0.682 bits per heavy atom. The van der Waals surface area contributed by atoms with Crippen molar-refractivity contribution in [3.05, 3.63) is 95.1 Å². The molecule has 0 bridgehead atoms. The highest BCUT2D eigenvalue weighted by Gasteiger charge is 2.65. The molecule has 3 atom stereocenters. The first-order valence-electron chi connectivity index (χ1n) is 21.4. The average molecular weight is 933 g/mol. The third-order valence-electron chi connectivity index (χ3n) is 11.5. The van der Waals surface area contributed by atoms with Crippen LogP contribution in [0.4, 0.5) is 0 Å². The molecule has 0 heterocycles. The summed E-state index contributed by atoms with van der Waals surface area (Å²) >= 11 is 0. The summed E-state index contributed by atoms with van der Waals surface area (Å²) in [4.78, 5) is 66.6. The third kappa shape index (κ3) is 10.6. The number of ether oxygens (including phenoxy) is 9. The van der Waals surface area contributed by atoms with Crippen molar-refractivity contribution in [2.45, 2.75) is 79.4 Å². The van der Waals surface area contributed by atoms with Crippen LogP contribution in [0.15, 0.2) is 72.8 Å². The van der Waals surface area contributed by atoms with E-state index in [1.54, 1.807) is 86.6 Å². The van der Waals surface area contributed by atoms with Crippen LogP contribution in [0.25, 0.3) is 0 Å². The topological polar surface area (TPSA) is 151 Å². The fourth-order valence-electron chi connectivity index (χ4n) is 8.91. The van der Waals surface area contributed by atoms with Gasteiger partial charge in [-0.2, -0.15) is 9.90 Å². The smallest absolute Gasteiger partial charge is 0.210 e. The molecule has 0 aromatic heterocycles. The van der Waals surface area contributed by atoms with Crippen molar-refractivity contribution >= 4 is 33.0 Å². The number of rotatable bonds is 22. The van der Waals surface area contributed by atoms with Gasteiger partial charge in [-0.15, -0.1) is 0 Å². The van der Waals surface area contributed by atoms with Crippen molar-refractivity contribution < 1.29 is 61.8 Å². The molecular weight excluding hydrogens is 864 g/mol. The molecule has 360 valence electrons. The fraction of sp³-hybridized carbons (Fsp3) is 0.462. The zero-order valence-corrected chi connectivity index (χ0v) is 42.9. The van der Waals surface area contributed by atoms with Crippen LogP contribution in [0.5, 0.6) is 46.0 Å². The molecule has 0 amide bonds. The first-order valence-corrected chi connectivity index (χ1v) is 21.4. The molecule has 14 heteroatoms. The number of hydrogen-bond donors (Lipinski definition) is 0. The van der Waals surface area contributed by atoms with Crippen LogP contribution >= 0.6 is 9.90 Å². The third-order valence-corrected chi connectivity index (χ3v) is 11.5. The van der Waals surface area contributed by atoms with Crippen molar-refractivity contribution in [2.24, 2.45) is 22.7 Å². The van der Waals surface area contributed by atoms with Crippen LogP contribution in [0, 0.1) is 22.7 Å². The Hall–Kier alpha value is -5.65. The van der Waals surface area contributed by atoms with Gasteiger partial charge in [0, 0.05) is 11.8 Å². The second-order valence-corrected chi connectivity index (χ2v) is 18.4. The van der Waals surface area contributed by atoms with Crippen LogP contribution < -0.4 is 37.9 Å². The lowest BCUT2D eigenvalue weighted by Crippen LogP contribution is -2.66. The first-order chi connectivity index (χ1) is 30.6. The first kappa shape index (κ1) is 54.7. The standard InChI is InChI=1S/C52H66O13.H3P/c1-31(29-49(3,4)5)51(45(53)41-33(57-9)21-17-22-34(41)58-10,46(54)42-35(59-11)23-18-24-36(42)60-12)65-52(32(2)30-50(6,7)8,47(55)43-37(61-13)25-19-26-38(43)62-14)48(56)44-39(63-15)27-20-28-40(44)64-16;/h17-28,31-32H,29-30H2,1-16H3;1H3. The highest BCUT2D eigenvalue weighted by molar-refractivity contribution is 6.92. The zero-order valence-electron chi connectivity index (χ0n) is 41.5. The second kappa shape index (κ2) is 22.2. The minimum Gasteiger partial charge on any atom is -0.496 e. The summed E-state index contributed by atoms with van der Waals surface area (Å²) in [5.41, 5.74) is -7.56. The van der Waals surface area contributed by atoms with Gasteiger partial charge in [-0.25, -0.2) is 0 Å². The van der Waals surface area contributed by atoms with E-state index in [2.05, 4.69) is 0 Å². The summed E-state index contributed by atoms with van der Waals surface area (Å²) in [7, 11) is 11.0. The quantitative estimate of drug-likeness (QED) is 0.0418. The molecule has 0 saturated heterocycles. The Bertz CT molecular complexity index is 1970. The predicted molar refractivity (Wildman–Crippen MR) is 260 cm³/mol. The molecule has 4 rings (SSSR count). The Labute approximate surface area is 393 Å². The number of hydrogen-bond acceptors (Lipinski definition) is 13. The normalized spacial score (nSPS) is 12.7. The summed E-state index contributed by atoms with van der Waals surface area (Å²) in [6.07, 6.45) is 0.253. The number of Topliss-reactive ketones (excluding diaryl/α,β-unsaturated/α-hetero) is 4. The van der Waals surface area contributed by atoms with Crippen LogP contribution in [-0.4, -0.2) is 91.2 Å². The lowest BCUT2D eigenvalue weighted by Gasteiger charge is -2.48. The van der Waals surface area contributed by atoms with Crippen molar-refractivity contribution in [3.8, 4) is 46.0 Å². The van der Waals surface area contributed by atoms with Crippen molar-refractivity contribution in [3.63, 3.8) is 0 Å². The van der Waals surface area contributed by atoms with Crippen molar-refractivity contribution in [2.75, 3.05) is 56.9 Å². The molecule has 4 aromatic rings. The van der Waals surface area contributed by atoms with Crippen molar-refractivity contribution in [1.82, 2.24) is 0 Å². The SMILES string of the molecule is COc1cccc(OC)c1C(=O)C(OC(C(=O)c1c(OC)cccc1OC)(C(=O)c1c(OC)cccc1OC)C(C)CC(C)(C)C)(C(=O)c1c(OC)cccc1OC)C(C)CC(C)(C)C.P. The Kier molecular flexibility index (Phi) is 18.4. The van der Waals surface area contributed by atoms with Gasteiger partial charge in [0.15, 0.2) is 11.2 Å². The predicted octanol–water partition coefficient (Wildman–Crippen LogP) is 10.3. The second-order valence-electron chi connectivity index (χ2n) is 18.4. The molecule has 0 fully saturated rings. The Balaban J connectivity index is 0.0000116. The van der Waals surface area contributed by atoms with Crippen molar-refractivity contribution in [1.29, 1.82) is 0 Å². The number of ketones is 4. The highest BCUT2D eigenvalue weighted by Crippen LogP contribution is 2.52. The summed E-state index contributed by atoms with van der Waals surface area (Å²) in [5.74, 6) is -5.86. The number of methoxy groups -OCH3 is 8. The number of carbonyl (C=O) groups excluding carboxylic acids is 4. The number of carbonyl (C=O) groups is 4. The molecule has 0 aliphatic carbocycles. The molecular formula is C52H69O13P. The van der Waals surface area contributed by atoms with Gasteiger partial charge in [0.05, 0.1) is 56.9 Å². The van der Waals surface area contributed by atoms with Gasteiger partial charge in [0.25, 0.3) is 0 Å². The van der Waals surface area contributed by atoms with Gasteiger partial charge in [-0.3, -0.25) is 19.2 Å². The minimum atomic E-state index is -2.82. The van der Waals surface area contributed by atoms with Gasteiger partial charge in [0.1, 0.15) is 68.2 Å². The molecule has 0 radical (unpaired) electrons. The van der Waals surface area contributed by atoms with E-state index in [4.69, 9.17) is 42.6 Å². The number of benzene rings is 4. The molecule has 0 aliphatic rings. The van der Waals surface area contributed by atoms with Crippen LogP contribution in [0.3, 0.4) is 0 Å². The van der Waals surface area contributed by atoms with Gasteiger partial charge >= 0.3 is 0 Å².